The minimum atomic E-state index is 0.637. The van der Waals surface area contributed by atoms with Crippen LogP contribution < -0.4 is 0 Å². The van der Waals surface area contributed by atoms with E-state index in [4.69, 9.17) is 0 Å². The fourth-order valence-electron chi connectivity index (χ4n) is 2.92. The Balaban J connectivity index is 1.60. The van der Waals surface area contributed by atoms with Crippen LogP contribution in [0, 0.1) is 3.57 Å². The zero-order chi connectivity index (χ0) is 13.9. The minimum absolute atomic E-state index is 0.637. The van der Waals surface area contributed by atoms with Gasteiger partial charge in [-0.05, 0) is 65.1 Å². The van der Waals surface area contributed by atoms with Crippen molar-refractivity contribution >= 4 is 22.6 Å². The molecule has 0 fully saturated rings. The third kappa shape index (κ3) is 3.07. The summed E-state index contributed by atoms with van der Waals surface area (Å²) in [5.41, 5.74) is 4.51. The van der Waals surface area contributed by atoms with Crippen LogP contribution in [0.3, 0.4) is 0 Å². The second kappa shape index (κ2) is 6.27. The monoisotopic (exact) mass is 377 g/mol. The van der Waals surface area contributed by atoms with Crippen molar-refractivity contribution in [3.8, 4) is 0 Å². The molecule has 0 aromatic heterocycles. The maximum Gasteiger partial charge on any atom is 0.0253 e. The van der Waals surface area contributed by atoms with E-state index in [1.165, 1.54) is 27.5 Å². The molecule has 0 saturated heterocycles. The summed E-state index contributed by atoms with van der Waals surface area (Å²) in [4.78, 5) is 2.61. The van der Waals surface area contributed by atoms with Crippen LogP contribution in [0.2, 0.25) is 0 Å². The summed E-state index contributed by atoms with van der Waals surface area (Å²) in [5, 5.41) is 0. The van der Waals surface area contributed by atoms with Crippen LogP contribution in [0.25, 0.3) is 0 Å². The molecule has 0 N–H and O–H groups in total. The molecule has 2 aromatic carbocycles. The SMILES string of the molecule is CC(CCc1ccccc1)N1Cc2cccc(I)c2C1. The number of nitrogens with zero attached hydrogens (tertiary/aromatic N) is 1. The summed E-state index contributed by atoms with van der Waals surface area (Å²) < 4.78 is 1.41. The number of hydrogen-bond donors (Lipinski definition) is 0. The molecular weight excluding hydrogens is 357 g/mol. The number of benzene rings is 2. The maximum atomic E-state index is 2.61. The minimum Gasteiger partial charge on any atom is -0.292 e. The highest BCUT2D eigenvalue weighted by Gasteiger charge is 2.24. The lowest BCUT2D eigenvalue weighted by atomic mass is 10.1. The van der Waals surface area contributed by atoms with Crippen molar-refractivity contribution in [2.75, 3.05) is 0 Å². The van der Waals surface area contributed by atoms with Gasteiger partial charge in [-0.3, -0.25) is 4.90 Å². The normalized spacial score (nSPS) is 16.1. The molecule has 2 aromatic rings. The lowest BCUT2D eigenvalue weighted by molar-refractivity contribution is 0.203. The summed E-state index contributed by atoms with van der Waals surface area (Å²) >= 11 is 2.46. The molecule has 0 spiro atoms. The Labute approximate surface area is 135 Å². The largest absolute Gasteiger partial charge is 0.292 e. The Kier molecular flexibility index (Phi) is 4.41. The van der Waals surface area contributed by atoms with E-state index in [-0.39, 0.29) is 0 Å². The molecular formula is C18H20IN. The summed E-state index contributed by atoms with van der Waals surface area (Å²) in [5.74, 6) is 0. The van der Waals surface area contributed by atoms with Crippen LogP contribution in [0.5, 0.6) is 0 Å². The highest BCUT2D eigenvalue weighted by molar-refractivity contribution is 14.1. The molecule has 1 nitrogen and oxygen atoms in total. The second-order valence-electron chi connectivity index (χ2n) is 5.66. The van der Waals surface area contributed by atoms with E-state index >= 15 is 0 Å². The Morgan fingerprint density at radius 2 is 1.85 bits per heavy atom. The Morgan fingerprint density at radius 1 is 1.05 bits per heavy atom. The Morgan fingerprint density at radius 3 is 2.60 bits per heavy atom. The first-order valence-electron chi connectivity index (χ1n) is 7.28. The van der Waals surface area contributed by atoms with E-state index < -0.39 is 0 Å². The van der Waals surface area contributed by atoms with Crippen LogP contribution >= 0.6 is 22.6 Å². The van der Waals surface area contributed by atoms with Crippen molar-refractivity contribution in [1.29, 1.82) is 0 Å². The van der Waals surface area contributed by atoms with E-state index in [9.17, 15) is 0 Å². The van der Waals surface area contributed by atoms with Crippen molar-refractivity contribution in [3.05, 3.63) is 68.8 Å². The lowest BCUT2D eigenvalue weighted by Gasteiger charge is -2.23. The number of rotatable bonds is 4. The molecule has 1 aliphatic rings. The summed E-state index contributed by atoms with van der Waals surface area (Å²) in [7, 11) is 0. The van der Waals surface area contributed by atoms with Gasteiger partial charge < -0.3 is 0 Å². The third-order valence-electron chi connectivity index (χ3n) is 4.27. The van der Waals surface area contributed by atoms with Crippen molar-refractivity contribution in [2.24, 2.45) is 0 Å². The van der Waals surface area contributed by atoms with Crippen molar-refractivity contribution in [2.45, 2.75) is 38.9 Å². The van der Waals surface area contributed by atoms with Crippen LogP contribution in [0.4, 0.5) is 0 Å². The number of hydrogen-bond acceptors (Lipinski definition) is 1. The molecule has 0 saturated carbocycles. The highest BCUT2D eigenvalue weighted by atomic mass is 127. The summed E-state index contributed by atoms with van der Waals surface area (Å²) in [6, 6.07) is 18.1. The predicted molar refractivity (Wildman–Crippen MR) is 92.6 cm³/mol. The summed E-state index contributed by atoms with van der Waals surface area (Å²) in [6.07, 6.45) is 2.40. The number of aryl methyl sites for hydroxylation is 1. The lowest BCUT2D eigenvalue weighted by Crippen LogP contribution is -2.28. The van der Waals surface area contributed by atoms with Gasteiger partial charge in [-0.2, -0.15) is 0 Å². The molecule has 1 aliphatic heterocycles. The molecule has 0 radical (unpaired) electrons. The summed E-state index contributed by atoms with van der Waals surface area (Å²) in [6.45, 7) is 4.59. The van der Waals surface area contributed by atoms with Gasteiger partial charge in [0.15, 0.2) is 0 Å². The van der Waals surface area contributed by atoms with E-state index in [0.29, 0.717) is 6.04 Å². The first-order valence-corrected chi connectivity index (χ1v) is 8.36. The highest BCUT2D eigenvalue weighted by Crippen LogP contribution is 2.29. The van der Waals surface area contributed by atoms with Crippen LogP contribution in [0.1, 0.15) is 30.0 Å². The zero-order valence-electron chi connectivity index (χ0n) is 11.8. The topological polar surface area (TPSA) is 3.24 Å². The van der Waals surface area contributed by atoms with E-state index in [0.717, 1.165) is 13.1 Å². The fraction of sp³-hybridized carbons (Fsp3) is 0.333. The Bertz CT molecular complexity index is 579. The van der Waals surface area contributed by atoms with Crippen molar-refractivity contribution in [1.82, 2.24) is 4.90 Å². The van der Waals surface area contributed by atoms with Gasteiger partial charge in [0.1, 0.15) is 0 Å². The van der Waals surface area contributed by atoms with Crippen LogP contribution in [0.15, 0.2) is 48.5 Å². The van der Waals surface area contributed by atoms with E-state index in [1.54, 1.807) is 5.56 Å². The number of halogens is 1. The van der Waals surface area contributed by atoms with Crippen molar-refractivity contribution in [3.63, 3.8) is 0 Å². The molecule has 104 valence electrons. The molecule has 0 aliphatic carbocycles. The van der Waals surface area contributed by atoms with Crippen LogP contribution in [-0.2, 0) is 19.5 Å². The first kappa shape index (κ1) is 14.1. The van der Waals surface area contributed by atoms with Gasteiger partial charge in [0.05, 0.1) is 0 Å². The first-order chi connectivity index (χ1) is 9.74. The van der Waals surface area contributed by atoms with E-state index in [2.05, 4.69) is 82.9 Å². The van der Waals surface area contributed by atoms with E-state index in [1.807, 2.05) is 0 Å². The fourth-order valence-corrected chi connectivity index (χ4v) is 3.65. The molecule has 1 atom stereocenters. The second-order valence-corrected chi connectivity index (χ2v) is 6.82. The molecule has 1 heterocycles. The molecule has 1 unspecified atom stereocenters. The number of fused-ring (bicyclic) bond motifs is 1. The van der Waals surface area contributed by atoms with Gasteiger partial charge in [-0.25, -0.2) is 0 Å². The molecule has 3 rings (SSSR count). The molecule has 2 heteroatoms. The quantitative estimate of drug-likeness (QED) is 0.703. The van der Waals surface area contributed by atoms with Gasteiger partial charge in [-0.1, -0.05) is 42.5 Å². The average Bonchev–Trinajstić information content (AvgIpc) is 2.91. The standard InChI is InChI=1S/C18H20IN/c1-14(10-11-15-6-3-2-4-7-15)20-12-16-8-5-9-18(19)17(16)13-20/h2-9,14H,10-13H2,1H3. The van der Waals surface area contributed by atoms with Gasteiger partial charge in [-0.15, -0.1) is 0 Å². The third-order valence-corrected chi connectivity index (χ3v) is 5.28. The van der Waals surface area contributed by atoms with Gasteiger partial charge >= 0.3 is 0 Å². The average molecular weight is 377 g/mol. The molecule has 20 heavy (non-hydrogen) atoms. The maximum absolute atomic E-state index is 2.61. The smallest absolute Gasteiger partial charge is 0.0253 e. The predicted octanol–water partition coefficient (Wildman–Crippen LogP) is 4.63. The van der Waals surface area contributed by atoms with Gasteiger partial charge in [0.25, 0.3) is 0 Å². The van der Waals surface area contributed by atoms with Gasteiger partial charge in [0, 0.05) is 22.7 Å². The van der Waals surface area contributed by atoms with Crippen LogP contribution in [-0.4, -0.2) is 10.9 Å². The Hall–Kier alpha value is -0.870. The molecule has 0 bridgehead atoms. The zero-order valence-corrected chi connectivity index (χ0v) is 14.0. The van der Waals surface area contributed by atoms with Gasteiger partial charge in [0.2, 0.25) is 0 Å². The molecule has 0 amide bonds. The van der Waals surface area contributed by atoms with Crippen molar-refractivity contribution < 1.29 is 0 Å².